The molecule has 1 atom stereocenters. The lowest BCUT2D eigenvalue weighted by Gasteiger charge is -2.47. The minimum absolute atomic E-state index is 0.0345. The van der Waals surface area contributed by atoms with E-state index in [2.05, 4.69) is 12.2 Å². The molecule has 2 aliphatic heterocycles. The Morgan fingerprint density at radius 3 is 2.43 bits per heavy atom. The Kier molecular flexibility index (Phi) is 4.89. The second-order valence-electron chi connectivity index (χ2n) is 7.60. The molecule has 3 rings (SSSR count). The Morgan fingerprint density at radius 2 is 1.76 bits per heavy atom. The Bertz CT molecular complexity index is 327. The maximum atomic E-state index is 9.95. The van der Waals surface area contributed by atoms with E-state index in [0.717, 1.165) is 64.3 Å². The summed E-state index contributed by atoms with van der Waals surface area (Å²) < 4.78 is 11.6. The molecule has 2 saturated heterocycles. The van der Waals surface area contributed by atoms with Crippen LogP contribution in [0.3, 0.4) is 0 Å². The summed E-state index contributed by atoms with van der Waals surface area (Å²) in [6, 6.07) is 0.484. The molecule has 1 unspecified atom stereocenters. The number of ether oxygens (including phenoxy) is 2. The smallest absolute Gasteiger partial charge is 0.0741 e. The molecule has 4 nitrogen and oxygen atoms in total. The minimum atomic E-state index is -0.0408. The Balaban J connectivity index is 1.60. The Labute approximate surface area is 128 Å². The van der Waals surface area contributed by atoms with E-state index >= 15 is 0 Å². The van der Waals surface area contributed by atoms with Crippen LogP contribution < -0.4 is 5.32 Å². The van der Waals surface area contributed by atoms with Gasteiger partial charge in [-0.1, -0.05) is 6.92 Å². The summed E-state index contributed by atoms with van der Waals surface area (Å²) >= 11 is 0. The molecule has 0 aromatic heterocycles. The second-order valence-corrected chi connectivity index (χ2v) is 7.60. The first kappa shape index (κ1) is 15.7. The molecule has 2 N–H and O–H groups in total. The van der Waals surface area contributed by atoms with E-state index in [9.17, 15) is 5.11 Å². The Hall–Kier alpha value is -0.160. The number of rotatable bonds is 3. The van der Waals surface area contributed by atoms with Crippen LogP contribution in [0.25, 0.3) is 0 Å². The molecule has 1 aliphatic carbocycles. The van der Waals surface area contributed by atoms with Crippen molar-refractivity contribution in [3.8, 4) is 0 Å². The number of nitrogens with one attached hydrogen (secondary N) is 1. The van der Waals surface area contributed by atoms with Crippen LogP contribution in [0.15, 0.2) is 0 Å². The quantitative estimate of drug-likeness (QED) is 0.839. The highest BCUT2D eigenvalue weighted by atomic mass is 16.5. The van der Waals surface area contributed by atoms with Crippen molar-refractivity contribution in [1.82, 2.24) is 5.32 Å². The SMILES string of the molecule is CC1CCC(CO)(NC2CCOC3(CCOCC3)C2)CC1. The van der Waals surface area contributed by atoms with E-state index in [1.807, 2.05) is 0 Å². The largest absolute Gasteiger partial charge is 0.394 e. The van der Waals surface area contributed by atoms with Crippen molar-refractivity contribution in [1.29, 1.82) is 0 Å². The maximum absolute atomic E-state index is 9.95. The zero-order chi connectivity index (χ0) is 14.8. The number of hydrogen-bond donors (Lipinski definition) is 2. The van der Waals surface area contributed by atoms with Crippen molar-refractivity contribution in [2.75, 3.05) is 26.4 Å². The fraction of sp³-hybridized carbons (Fsp3) is 1.00. The topological polar surface area (TPSA) is 50.7 Å². The van der Waals surface area contributed by atoms with Crippen molar-refractivity contribution in [3.63, 3.8) is 0 Å². The maximum Gasteiger partial charge on any atom is 0.0741 e. The van der Waals surface area contributed by atoms with Crippen LogP contribution in [0.2, 0.25) is 0 Å². The summed E-state index contributed by atoms with van der Waals surface area (Å²) in [4.78, 5) is 0. The van der Waals surface area contributed by atoms with Crippen LogP contribution in [0.1, 0.15) is 58.3 Å². The first-order chi connectivity index (χ1) is 10.2. The van der Waals surface area contributed by atoms with Gasteiger partial charge in [-0.25, -0.2) is 0 Å². The molecule has 0 bridgehead atoms. The van der Waals surface area contributed by atoms with Crippen LogP contribution in [0.5, 0.6) is 0 Å². The van der Waals surface area contributed by atoms with Gasteiger partial charge in [0, 0.05) is 31.4 Å². The van der Waals surface area contributed by atoms with Gasteiger partial charge in [-0.15, -0.1) is 0 Å². The molecular formula is C17H31NO3. The second kappa shape index (κ2) is 6.53. The third-order valence-corrected chi connectivity index (χ3v) is 5.94. The molecule has 0 radical (unpaired) electrons. The first-order valence-corrected chi connectivity index (χ1v) is 8.76. The fourth-order valence-electron chi connectivity index (χ4n) is 4.34. The molecule has 0 aromatic carbocycles. The van der Waals surface area contributed by atoms with Crippen molar-refractivity contribution >= 4 is 0 Å². The van der Waals surface area contributed by atoms with E-state index in [-0.39, 0.29) is 17.7 Å². The van der Waals surface area contributed by atoms with Crippen LogP contribution in [-0.4, -0.2) is 48.7 Å². The highest BCUT2D eigenvalue weighted by Gasteiger charge is 2.42. The lowest BCUT2D eigenvalue weighted by molar-refractivity contribution is -0.143. The summed E-state index contributed by atoms with van der Waals surface area (Å²) in [5.41, 5.74) is -0.00631. The van der Waals surface area contributed by atoms with Gasteiger partial charge in [0.1, 0.15) is 0 Å². The van der Waals surface area contributed by atoms with E-state index < -0.39 is 0 Å². The zero-order valence-corrected chi connectivity index (χ0v) is 13.4. The van der Waals surface area contributed by atoms with E-state index in [1.165, 1.54) is 12.8 Å². The average molecular weight is 297 g/mol. The summed E-state index contributed by atoms with van der Waals surface area (Å²) in [7, 11) is 0. The van der Waals surface area contributed by atoms with Crippen LogP contribution >= 0.6 is 0 Å². The van der Waals surface area contributed by atoms with Gasteiger partial charge in [0.2, 0.25) is 0 Å². The zero-order valence-electron chi connectivity index (χ0n) is 13.4. The van der Waals surface area contributed by atoms with Crippen molar-refractivity contribution in [2.45, 2.75) is 75.5 Å². The number of hydrogen-bond acceptors (Lipinski definition) is 4. The lowest BCUT2D eigenvalue weighted by Crippen LogP contribution is -2.59. The molecule has 122 valence electrons. The van der Waals surface area contributed by atoms with Gasteiger partial charge in [0.25, 0.3) is 0 Å². The molecule has 0 aromatic rings. The third kappa shape index (κ3) is 3.61. The van der Waals surface area contributed by atoms with Crippen molar-refractivity contribution in [3.05, 3.63) is 0 Å². The highest BCUT2D eigenvalue weighted by Crippen LogP contribution is 2.37. The van der Waals surface area contributed by atoms with E-state index in [4.69, 9.17) is 9.47 Å². The molecule has 21 heavy (non-hydrogen) atoms. The standard InChI is InChI=1S/C17H31NO3/c1-14-2-5-16(13-19,6-3-14)18-15-4-9-21-17(12-15)7-10-20-11-8-17/h14-15,18-19H,2-13H2,1H3. The summed E-state index contributed by atoms with van der Waals surface area (Å²) in [5.74, 6) is 0.808. The third-order valence-electron chi connectivity index (χ3n) is 5.94. The minimum Gasteiger partial charge on any atom is -0.394 e. The number of aliphatic hydroxyl groups is 1. The van der Waals surface area contributed by atoms with Gasteiger partial charge in [-0.05, 0) is 57.3 Å². The summed E-state index contributed by atoms with van der Waals surface area (Å²) in [6.45, 7) is 5.10. The van der Waals surface area contributed by atoms with Gasteiger partial charge < -0.3 is 19.9 Å². The monoisotopic (exact) mass is 297 g/mol. The van der Waals surface area contributed by atoms with Crippen LogP contribution in [0.4, 0.5) is 0 Å². The predicted molar refractivity (Wildman–Crippen MR) is 82.3 cm³/mol. The summed E-state index contributed by atoms with van der Waals surface area (Å²) in [5, 5.41) is 13.8. The lowest BCUT2D eigenvalue weighted by atomic mass is 9.76. The van der Waals surface area contributed by atoms with Crippen molar-refractivity contribution < 1.29 is 14.6 Å². The van der Waals surface area contributed by atoms with Gasteiger partial charge in [-0.3, -0.25) is 0 Å². The van der Waals surface area contributed by atoms with Crippen LogP contribution in [0, 0.1) is 5.92 Å². The molecule has 3 fully saturated rings. The Morgan fingerprint density at radius 1 is 1.05 bits per heavy atom. The molecule has 3 aliphatic rings. The molecule has 1 spiro atoms. The molecule has 4 heteroatoms. The van der Waals surface area contributed by atoms with Gasteiger partial charge in [-0.2, -0.15) is 0 Å². The fourth-order valence-corrected chi connectivity index (χ4v) is 4.34. The molecule has 1 saturated carbocycles. The predicted octanol–water partition coefficient (Wildman–Crippen LogP) is 2.25. The van der Waals surface area contributed by atoms with Crippen molar-refractivity contribution in [2.24, 2.45) is 5.92 Å². The average Bonchev–Trinajstić information content (AvgIpc) is 2.51. The van der Waals surface area contributed by atoms with Gasteiger partial charge >= 0.3 is 0 Å². The number of aliphatic hydroxyl groups excluding tert-OH is 1. The highest BCUT2D eigenvalue weighted by molar-refractivity contribution is 4.98. The first-order valence-electron chi connectivity index (χ1n) is 8.76. The molecule has 0 amide bonds. The van der Waals surface area contributed by atoms with Crippen LogP contribution in [-0.2, 0) is 9.47 Å². The molecular weight excluding hydrogens is 266 g/mol. The van der Waals surface area contributed by atoms with Gasteiger partial charge in [0.15, 0.2) is 0 Å². The van der Waals surface area contributed by atoms with Gasteiger partial charge in [0.05, 0.1) is 12.2 Å². The molecule has 2 heterocycles. The van der Waals surface area contributed by atoms with E-state index in [0.29, 0.717) is 6.04 Å². The van der Waals surface area contributed by atoms with E-state index in [1.54, 1.807) is 0 Å². The normalized spacial score (nSPS) is 40.3. The summed E-state index contributed by atoms with van der Waals surface area (Å²) in [6.07, 6.45) is 8.87.